The first kappa shape index (κ1) is 6.94. The predicted octanol–water partition coefficient (Wildman–Crippen LogP) is 0.793. The zero-order valence-corrected chi connectivity index (χ0v) is 6.23. The maximum atomic E-state index is 11.2. The Balaban J connectivity index is 2.37. The lowest BCUT2D eigenvalue weighted by atomic mass is 10.5. The molecule has 0 atom stereocenters. The molecule has 2 rings (SSSR count). The van der Waals surface area contributed by atoms with Crippen LogP contribution in [0.15, 0.2) is 24.4 Å². The molecule has 0 aromatic carbocycles. The highest BCUT2D eigenvalue weighted by Crippen LogP contribution is 2.54. The van der Waals surface area contributed by atoms with E-state index in [9.17, 15) is 4.57 Å². The van der Waals surface area contributed by atoms with Crippen LogP contribution in [-0.2, 0) is 19.0 Å². The van der Waals surface area contributed by atoms with Crippen LogP contribution in [-0.4, -0.2) is 4.98 Å². The Kier molecular flexibility index (Phi) is 1.51. The van der Waals surface area contributed by atoms with E-state index in [1.165, 1.54) is 6.20 Å². The highest BCUT2D eigenvalue weighted by molar-refractivity contribution is 7.62. The van der Waals surface area contributed by atoms with E-state index in [1.807, 2.05) is 0 Å². The van der Waals surface area contributed by atoms with Crippen LogP contribution in [0.4, 0.5) is 0 Å². The molecule has 2 heterocycles. The van der Waals surface area contributed by atoms with Gasteiger partial charge in [-0.2, -0.15) is 0 Å². The van der Waals surface area contributed by atoms with Gasteiger partial charge in [0.15, 0.2) is 5.44 Å². The van der Waals surface area contributed by atoms with Gasteiger partial charge < -0.3 is 0 Å². The summed E-state index contributed by atoms with van der Waals surface area (Å²) >= 11 is 0. The lowest BCUT2D eigenvalue weighted by Gasteiger charge is -2.20. The molecule has 11 heavy (non-hydrogen) atoms. The van der Waals surface area contributed by atoms with Gasteiger partial charge >= 0.3 is 7.60 Å². The van der Waals surface area contributed by atoms with Crippen LogP contribution in [0.1, 0.15) is 0 Å². The van der Waals surface area contributed by atoms with Gasteiger partial charge in [0, 0.05) is 6.20 Å². The van der Waals surface area contributed by atoms with Crippen molar-refractivity contribution in [3.8, 4) is 0 Å². The van der Waals surface area contributed by atoms with E-state index < -0.39 is 7.60 Å². The molecule has 1 aromatic rings. The SMILES string of the molecule is O=P1(c2ccccn2)OOO1. The van der Waals surface area contributed by atoms with Gasteiger partial charge in [-0.15, -0.1) is 9.35 Å². The summed E-state index contributed by atoms with van der Waals surface area (Å²) in [5.74, 6) is 0. The summed E-state index contributed by atoms with van der Waals surface area (Å²) in [4.78, 5) is 3.78. The van der Waals surface area contributed by atoms with Crippen molar-refractivity contribution in [2.24, 2.45) is 0 Å². The summed E-state index contributed by atoms with van der Waals surface area (Å²) in [5, 5.41) is 3.89. The molecule has 1 aliphatic heterocycles. The number of nitrogens with zero attached hydrogens (tertiary/aromatic N) is 1. The fraction of sp³-hybridized carbons (Fsp3) is 0. The number of rotatable bonds is 1. The van der Waals surface area contributed by atoms with E-state index >= 15 is 0 Å². The minimum atomic E-state index is -3.18. The number of pyridine rings is 1. The number of hydrogen-bond donors (Lipinski definition) is 0. The minimum absolute atomic E-state index is 0.256. The largest absolute Gasteiger partial charge is 0.437 e. The predicted molar refractivity (Wildman–Crippen MR) is 34.7 cm³/mol. The number of hydrogen-bond acceptors (Lipinski definition) is 5. The van der Waals surface area contributed by atoms with Crippen molar-refractivity contribution >= 4 is 13.0 Å². The second-order valence-electron chi connectivity index (χ2n) is 1.90. The monoisotopic (exact) mass is 173 g/mol. The summed E-state index contributed by atoms with van der Waals surface area (Å²) in [6, 6.07) is 4.94. The molecule has 0 bridgehead atoms. The first-order valence-electron chi connectivity index (χ1n) is 2.88. The van der Waals surface area contributed by atoms with Crippen molar-refractivity contribution in [3.63, 3.8) is 0 Å². The Morgan fingerprint density at radius 3 is 2.64 bits per heavy atom. The second kappa shape index (κ2) is 2.39. The Morgan fingerprint density at radius 1 is 1.36 bits per heavy atom. The van der Waals surface area contributed by atoms with E-state index in [-0.39, 0.29) is 5.44 Å². The molecule has 0 aliphatic carbocycles. The van der Waals surface area contributed by atoms with Gasteiger partial charge in [-0.1, -0.05) is 6.07 Å². The summed E-state index contributed by atoms with van der Waals surface area (Å²) in [5.41, 5.74) is 0.256. The molecular weight excluding hydrogens is 169 g/mol. The molecule has 6 heteroatoms. The summed E-state index contributed by atoms with van der Waals surface area (Å²) in [7, 11) is -3.18. The van der Waals surface area contributed by atoms with Crippen LogP contribution >= 0.6 is 7.60 Å². The maximum Gasteiger partial charge on any atom is 0.437 e. The fourth-order valence-corrected chi connectivity index (χ4v) is 1.48. The van der Waals surface area contributed by atoms with Crippen LogP contribution in [0.5, 0.6) is 0 Å². The highest BCUT2D eigenvalue weighted by Gasteiger charge is 2.41. The Labute approximate surface area is 62.3 Å². The molecule has 0 N–H and O–H groups in total. The highest BCUT2D eigenvalue weighted by atomic mass is 31.2. The van der Waals surface area contributed by atoms with E-state index in [0.717, 1.165) is 0 Å². The molecule has 0 unspecified atom stereocenters. The van der Waals surface area contributed by atoms with Gasteiger partial charge in [0.1, 0.15) is 0 Å². The molecule has 1 fully saturated rings. The molecule has 1 saturated heterocycles. The fourth-order valence-electron chi connectivity index (χ4n) is 0.678. The zero-order chi connectivity index (χ0) is 7.73. The van der Waals surface area contributed by atoms with Gasteiger partial charge in [0.25, 0.3) is 0 Å². The van der Waals surface area contributed by atoms with E-state index in [2.05, 4.69) is 19.4 Å². The number of aromatic nitrogens is 1. The standard InChI is InChI=1S/C5H4NO4P/c7-11(9-8-10-11)5-3-1-2-4-6-5/h1-4H. The van der Waals surface area contributed by atoms with E-state index in [0.29, 0.717) is 0 Å². The molecule has 1 aromatic heterocycles. The van der Waals surface area contributed by atoms with Crippen molar-refractivity contribution in [1.29, 1.82) is 0 Å². The second-order valence-corrected chi connectivity index (χ2v) is 3.65. The Morgan fingerprint density at radius 2 is 2.18 bits per heavy atom. The molecule has 0 radical (unpaired) electrons. The lowest BCUT2D eigenvalue weighted by molar-refractivity contribution is -0.485. The minimum Gasteiger partial charge on any atom is -0.248 e. The smallest absolute Gasteiger partial charge is 0.248 e. The first-order chi connectivity index (χ1) is 5.31. The van der Waals surface area contributed by atoms with Crippen molar-refractivity contribution in [2.45, 2.75) is 0 Å². The van der Waals surface area contributed by atoms with Gasteiger partial charge in [0.2, 0.25) is 0 Å². The Bertz CT molecular complexity index is 293. The Hall–Kier alpha value is -0.740. The lowest BCUT2D eigenvalue weighted by Crippen LogP contribution is -2.20. The van der Waals surface area contributed by atoms with Gasteiger partial charge in [-0.05, 0) is 17.2 Å². The topological polar surface area (TPSA) is 57.7 Å². The third kappa shape index (κ3) is 1.08. The van der Waals surface area contributed by atoms with Crippen molar-refractivity contribution in [3.05, 3.63) is 24.4 Å². The van der Waals surface area contributed by atoms with E-state index in [1.54, 1.807) is 18.2 Å². The molecular formula is C5H4NO4P. The van der Waals surface area contributed by atoms with Crippen LogP contribution in [0, 0.1) is 0 Å². The normalized spacial score (nSPS) is 20.7. The van der Waals surface area contributed by atoms with Crippen LogP contribution in [0.25, 0.3) is 0 Å². The molecule has 1 aliphatic rings. The summed E-state index contributed by atoms with van der Waals surface area (Å²) in [6.07, 6.45) is 1.50. The molecule has 0 spiro atoms. The van der Waals surface area contributed by atoms with Crippen molar-refractivity contribution in [2.75, 3.05) is 0 Å². The summed E-state index contributed by atoms with van der Waals surface area (Å²) in [6.45, 7) is 0. The molecule has 0 amide bonds. The average Bonchev–Trinajstić information content (AvgIpc) is 2.02. The first-order valence-corrected chi connectivity index (χ1v) is 4.42. The summed E-state index contributed by atoms with van der Waals surface area (Å²) < 4.78 is 19.8. The van der Waals surface area contributed by atoms with Gasteiger partial charge in [0.05, 0.1) is 0 Å². The van der Waals surface area contributed by atoms with Crippen LogP contribution < -0.4 is 5.44 Å². The third-order valence-corrected chi connectivity index (χ3v) is 2.53. The van der Waals surface area contributed by atoms with E-state index in [4.69, 9.17) is 0 Å². The maximum absolute atomic E-state index is 11.2. The van der Waals surface area contributed by atoms with Crippen LogP contribution in [0.3, 0.4) is 0 Å². The third-order valence-electron chi connectivity index (χ3n) is 1.19. The van der Waals surface area contributed by atoms with Crippen molar-refractivity contribution < 1.29 is 19.0 Å². The van der Waals surface area contributed by atoms with Gasteiger partial charge in [-0.25, -0.2) is 9.55 Å². The molecule has 5 nitrogen and oxygen atoms in total. The van der Waals surface area contributed by atoms with Crippen molar-refractivity contribution in [1.82, 2.24) is 4.98 Å². The zero-order valence-electron chi connectivity index (χ0n) is 5.34. The quantitative estimate of drug-likeness (QED) is 0.464. The van der Waals surface area contributed by atoms with Crippen LogP contribution in [0.2, 0.25) is 0 Å². The molecule has 0 saturated carbocycles. The van der Waals surface area contributed by atoms with Gasteiger partial charge in [-0.3, -0.25) is 0 Å². The molecule has 58 valence electrons. The average molecular weight is 173 g/mol.